The van der Waals surface area contributed by atoms with Crippen molar-refractivity contribution in [3.05, 3.63) is 64.7 Å². The number of hydrogen-bond donors (Lipinski definition) is 1. The molecule has 0 atom stereocenters. The van der Waals surface area contributed by atoms with Gasteiger partial charge in [0.2, 0.25) is 5.91 Å². The van der Waals surface area contributed by atoms with Crippen molar-refractivity contribution in [2.24, 2.45) is 0 Å². The van der Waals surface area contributed by atoms with Gasteiger partial charge in [-0.25, -0.2) is 4.79 Å². The molecule has 0 unspecified atom stereocenters. The van der Waals surface area contributed by atoms with Crippen molar-refractivity contribution < 1.29 is 19.1 Å². The Morgan fingerprint density at radius 3 is 2.40 bits per heavy atom. The summed E-state index contributed by atoms with van der Waals surface area (Å²) in [6, 6.07) is 13.4. The summed E-state index contributed by atoms with van der Waals surface area (Å²) in [5, 5.41) is 2.97. The average Bonchev–Trinajstić information content (AvgIpc) is 2.63. The molecule has 2 rings (SSSR count). The zero-order valence-electron chi connectivity index (χ0n) is 13.8. The lowest BCUT2D eigenvalue weighted by molar-refractivity contribution is -0.116. The number of ketones is 1. The number of benzene rings is 2. The van der Waals surface area contributed by atoms with E-state index in [2.05, 4.69) is 10.1 Å². The molecule has 0 spiro atoms. The van der Waals surface area contributed by atoms with Gasteiger partial charge < -0.3 is 10.1 Å². The number of amides is 1. The highest BCUT2D eigenvalue weighted by Crippen LogP contribution is 2.24. The highest BCUT2D eigenvalue weighted by molar-refractivity contribution is 6.33. The standard InChI is InChI=1S/C19H18ClNO4/c1-25-19(24)14-10-11-15(20)16(12-14)21-18(23)9-5-8-17(22)13-6-3-2-4-7-13/h2-4,6-7,10-12H,5,8-9H2,1H3,(H,21,23). The van der Waals surface area contributed by atoms with Gasteiger partial charge in [-0.3, -0.25) is 9.59 Å². The van der Waals surface area contributed by atoms with Crippen LogP contribution in [0.1, 0.15) is 40.0 Å². The number of rotatable bonds is 7. The molecule has 0 aliphatic carbocycles. The monoisotopic (exact) mass is 359 g/mol. The van der Waals surface area contributed by atoms with Crippen molar-refractivity contribution in [3.8, 4) is 0 Å². The topological polar surface area (TPSA) is 72.5 Å². The predicted molar refractivity (Wildman–Crippen MR) is 96.0 cm³/mol. The van der Waals surface area contributed by atoms with Crippen molar-refractivity contribution in [2.45, 2.75) is 19.3 Å². The van der Waals surface area contributed by atoms with E-state index in [0.29, 0.717) is 28.3 Å². The Morgan fingerprint density at radius 1 is 1.00 bits per heavy atom. The van der Waals surface area contributed by atoms with E-state index in [9.17, 15) is 14.4 Å². The van der Waals surface area contributed by atoms with Crippen molar-refractivity contribution in [1.82, 2.24) is 0 Å². The number of methoxy groups -OCH3 is 1. The van der Waals surface area contributed by atoms with E-state index in [-0.39, 0.29) is 24.5 Å². The molecule has 2 aromatic rings. The van der Waals surface area contributed by atoms with E-state index >= 15 is 0 Å². The maximum absolute atomic E-state index is 12.0. The van der Waals surface area contributed by atoms with Crippen LogP contribution >= 0.6 is 11.6 Å². The number of esters is 1. The summed E-state index contributed by atoms with van der Waals surface area (Å²) in [5.74, 6) is -0.787. The van der Waals surface area contributed by atoms with E-state index in [1.165, 1.54) is 25.3 Å². The van der Waals surface area contributed by atoms with Gasteiger partial charge in [-0.15, -0.1) is 0 Å². The lowest BCUT2D eigenvalue weighted by atomic mass is 10.1. The van der Waals surface area contributed by atoms with Gasteiger partial charge in [0.1, 0.15) is 0 Å². The van der Waals surface area contributed by atoms with E-state index in [1.807, 2.05) is 6.07 Å². The molecular weight excluding hydrogens is 342 g/mol. The average molecular weight is 360 g/mol. The van der Waals surface area contributed by atoms with Crippen LogP contribution in [0, 0.1) is 0 Å². The molecule has 0 radical (unpaired) electrons. The normalized spacial score (nSPS) is 10.2. The lowest BCUT2D eigenvalue weighted by Crippen LogP contribution is -2.13. The summed E-state index contributed by atoms with van der Waals surface area (Å²) < 4.78 is 4.64. The maximum atomic E-state index is 12.0. The molecule has 0 saturated carbocycles. The smallest absolute Gasteiger partial charge is 0.337 e. The third kappa shape index (κ3) is 5.43. The van der Waals surface area contributed by atoms with Gasteiger partial charge in [0.25, 0.3) is 0 Å². The summed E-state index contributed by atoms with van der Waals surface area (Å²) in [4.78, 5) is 35.6. The molecule has 0 aromatic heterocycles. The molecule has 25 heavy (non-hydrogen) atoms. The summed E-state index contributed by atoms with van der Waals surface area (Å²) in [7, 11) is 1.28. The van der Waals surface area contributed by atoms with E-state index in [0.717, 1.165) is 0 Å². The fraction of sp³-hybridized carbons (Fsp3) is 0.211. The minimum absolute atomic E-state index is 0.000814. The fourth-order valence-electron chi connectivity index (χ4n) is 2.26. The number of Topliss-reactive ketones (excluding diaryl/α,β-unsaturated/α-hetero) is 1. The van der Waals surface area contributed by atoms with Crippen LogP contribution in [-0.2, 0) is 9.53 Å². The SMILES string of the molecule is COC(=O)c1ccc(Cl)c(NC(=O)CCCC(=O)c2ccccc2)c1. The maximum Gasteiger partial charge on any atom is 0.337 e. The molecule has 0 bridgehead atoms. The van der Waals surface area contributed by atoms with Gasteiger partial charge >= 0.3 is 5.97 Å². The first-order chi connectivity index (χ1) is 12.0. The minimum atomic E-state index is -0.513. The third-order valence-electron chi connectivity index (χ3n) is 3.56. The summed E-state index contributed by atoms with van der Waals surface area (Å²) >= 11 is 6.03. The first-order valence-electron chi connectivity index (χ1n) is 7.77. The van der Waals surface area contributed by atoms with Crippen LogP contribution in [0.2, 0.25) is 5.02 Å². The Hall–Kier alpha value is -2.66. The molecule has 5 nitrogen and oxygen atoms in total. The Balaban J connectivity index is 1.88. The molecule has 1 N–H and O–H groups in total. The molecular formula is C19H18ClNO4. The quantitative estimate of drug-likeness (QED) is 0.596. The molecule has 6 heteroatoms. The fourth-order valence-corrected chi connectivity index (χ4v) is 2.42. The lowest BCUT2D eigenvalue weighted by Gasteiger charge is -2.09. The Kier molecular flexibility index (Phi) is 6.71. The van der Waals surface area contributed by atoms with Crippen LogP contribution < -0.4 is 5.32 Å². The van der Waals surface area contributed by atoms with Crippen LogP contribution in [0.4, 0.5) is 5.69 Å². The number of nitrogens with one attached hydrogen (secondary N) is 1. The zero-order valence-corrected chi connectivity index (χ0v) is 14.5. The molecule has 0 fully saturated rings. The predicted octanol–water partition coefficient (Wildman–Crippen LogP) is 4.12. The number of hydrogen-bond acceptors (Lipinski definition) is 4. The number of anilines is 1. The van der Waals surface area contributed by atoms with Gasteiger partial charge in [-0.1, -0.05) is 41.9 Å². The molecule has 2 aromatic carbocycles. The van der Waals surface area contributed by atoms with Crippen LogP contribution in [0.5, 0.6) is 0 Å². The summed E-state index contributed by atoms with van der Waals surface area (Å²) in [6.07, 6.45) is 0.887. The Morgan fingerprint density at radius 2 is 1.72 bits per heavy atom. The molecule has 0 saturated heterocycles. The second-order valence-corrected chi connectivity index (χ2v) is 5.78. The van der Waals surface area contributed by atoms with Crippen molar-refractivity contribution in [3.63, 3.8) is 0 Å². The largest absolute Gasteiger partial charge is 0.465 e. The Labute approximate surface area is 150 Å². The second-order valence-electron chi connectivity index (χ2n) is 5.38. The van der Waals surface area contributed by atoms with Crippen LogP contribution in [0.3, 0.4) is 0 Å². The van der Waals surface area contributed by atoms with Crippen LogP contribution in [0.25, 0.3) is 0 Å². The molecule has 1 amide bonds. The van der Waals surface area contributed by atoms with E-state index < -0.39 is 5.97 Å². The number of halogens is 1. The second kappa shape index (κ2) is 8.99. The van der Waals surface area contributed by atoms with Crippen molar-refractivity contribution >= 4 is 34.9 Å². The molecule has 130 valence electrons. The van der Waals surface area contributed by atoms with Gasteiger partial charge in [0.05, 0.1) is 23.4 Å². The van der Waals surface area contributed by atoms with Crippen LogP contribution in [-0.4, -0.2) is 24.8 Å². The van der Waals surface area contributed by atoms with Gasteiger partial charge in [-0.05, 0) is 24.6 Å². The molecule has 0 aliphatic heterocycles. The summed E-state index contributed by atoms with van der Waals surface area (Å²) in [5.41, 5.74) is 1.27. The first kappa shape index (κ1) is 18.7. The van der Waals surface area contributed by atoms with Gasteiger partial charge in [-0.2, -0.15) is 0 Å². The molecule has 0 heterocycles. The van der Waals surface area contributed by atoms with Gasteiger partial charge in [0, 0.05) is 18.4 Å². The highest BCUT2D eigenvalue weighted by Gasteiger charge is 2.12. The first-order valence-corrected chi connectivity index (χ1v) is 8.15. The molecule has 0 aliphatic rings. The van der Waals surface area contributed by atoms with Crippen molar-refractivity contribution in [2.75, 3.05) is 12.4 Å². The van der Waals surface area contributed by atoms with E-state index in [4.69, 9.17) is 11.6 Å². The van der Waals surface area contributed by atoms with Gasteiger partial charge in [0.15, 0.2) is 5.78 Å². The number of carbonyl (C=O) groups is 3. The minimum Gasteiger partial charge on any atom is -0.465 e. The number of ether oxygens (including phenoxy) is 1. The highest BCUT2D eigenvalue weighted by atomic mass is 35.5. The third-order valence-corrected chi connectivity index (χ3v) is 3.89. The number of carbonyl (C=O) groups excluding carboxylic acids is 3. The van der Waals surface area contributed by atoms with E-state index in [1.54, 1.807) is 24.3 Å². The zero-order chi connectivity index (χ0) is 18.2. The van der Waals surface area contributed by atoms with Crippen molar-refractivity contribution in [1.29, 1.82) is 0 Å². The van der Waals surface area contributed by atoms with Crippen LogP contribution in [0.15, 0.2) is 48.5 Å². The Bertz CT molecular complexity index is 774. The summed E-state index contributed by atoms with van der Waals surface area (Å²) in [6.45, 7) is 0.